The molecule has 2 rings (SSSR count). The van der Waals surface area contributed by atoms with E-state index >= 15 is 0 Å². The minimum atomic E-state index is -0.707. The average Bonchev–Trinajstić information content (AvgIpc) is 2.62. The van der Waals surface area contributed by atoms with Crippen molar-refractivity contribution in [3.63, 3.8) is 0 Å². The van der Waals surface area contributed by atoms with Crippen molar-refractivity contribution in [1.82, 2.24) is 4.90 Å². The Morgan fingerprint density at radius 2 is 2.18 bits per heavy atom. The molecule has 0 spiro atoms. The van der Waals surface area contributed by atoms with Gasteiger partial charge in [-0.3, -0.25) is 4.79 Å². The maximum absolute atomic E-state index is 12.1. The van der Waals surface area contributed by atoms with Gasteiger partial charge in [0, 0.05) is 13.1 Å². The van der Waals surface area contributed by atoms with E-state index in [0.717, 1.165) is 11.1 Å². The molecular formula is C14H19NO2. The van der Waals surface area contributed by atoms with Crippen molar-refractivity contribution in [3.8, 4) is 0 Å². The summed E-state index contributed by atoms with van der Waals surface area (Å²) >= 11 is 0. The van der Waals surface area contributed by atoms with Gasteiger partial charge >= 0.3 is 0 Å². The highest BCUT2D eigenvalue weighted by atomic mass is 16.3. The minimum absolute atomic E-state index is 0.108. The summed E-state index contributed by atoms with van der Waals surface area (Å²) in [5.74, 6) is 0.108. The van der Waals surface area contributed by atoms with E-state index in [4.69, 9.17) is 0 Å². The van der Waals surface area contributed by atoms with Crippen LogP contribution < -0.4 is 0 Å². The maximum Gasteiger partial charge on any atom is 0.227 e. The molecule has 0 aromatic heterocycles. The highest BCUT2D eigenvalue weighted by Crippen LogP contribution is 2.21. The molecule has 1 aliphatic rings. The molecule has 1 atom stereocenters. The standard InChI is InChI=1S/C14H19NO2/c1-11-5-3-4-6-12(11)9-13(16)15-8-7-14(2,17)10-15/h3-6,17H,7-10H2,1-2H3. The van der Waals surface area contributed by atoms with Gasteiger partial charge < -0.3 is 10.0 Å². The quantitative estimate of drug-likeness (QED) is 0.841. The van der Waals surface area contributed by atoms with Crippen LogP contribution in [-0.4, -0.2) is 34.6 Å². The van der Waals surface area contributed by atoms with Crippen molar-refractivity contribution in [3.05, 3.63) is 35.4 Å². The molecule has 0 aliphatic carbocycles. The number of hydrogen-bond acceptors (Lipinski definition) is 2. The van der Waals surface area contributed by atoms with Crippen LogP contribution in [0.4, 0.5) is 0 Å². The molecule has 1 heterocycles. The maximum atomic E-state index is 12.1. The molecule has 1 amide bonds. The molecule has 1 aromatic carbocycles. The number of β-amino-alcohol motifs (C(OH)–C–C–N with tert-alkyl or cyclic N) is 1. The molecule has 0 radical (unpaired) electrons. The number of amides is 1. The van der Waals surface area contributed by atoms with Crippen molar-refractivity contribution in [1.29, 1.82) is 0 Å². The van der Waals surface area contributed by atoms with Crippen LogP contribution in [0, 0.1) is 6.92 Å². The SMILES string of the molecule is Cc1ccccc1CC(=O)N1CCC(C)(O)C1. The normalized spacial score (nSPS) is 24.1. The van der Waals surface area contributed by atoms with Gasteiger partial charge in [-0.05, 0) is 31.4 Å². The smallest absolute Gasteiger partial charge is 0.227 e. The van der Waals surface area contributed by atoms with Gasteiger partial charge in [0.05, 0.1) is 12.0 Å². The van der Waals surface area contributed by atoms with E-state index in [2.05, 4.69) is 0 Å². The topological polar surface area (TPSA) is 40.5 Å². The molecule has 3 heteroatoms. The van der Waals surface area contributed by atoms with E-state index < -0.39 is 5.60 Å². The number of carbonyl (C=O) groups is 1. The monoisotopic (exact) mass is 233 g/mol. The third-order valence-electron chi connectivity index (χ3n) is 3.41. The fourth-order valence-corrected chi connectivity index (χ4v) is 2.24. The number of rotatable bonds is 2. The molecule has 92 valence electrons. The fraction of sp³-hybridized carbons (Fsp3) is 0.500. The third kappa shape index (κ3) is 2.86. The fourth-order valence-electron chi connectivity index (χ4n) is 2.24. The summed E-state index contributed by atoms with van der Waals surface area (Å²) in [5.41, 5.74) is 1.51. The lowest BCUT2D eigenvalue weighted by Gasteiger charge is -2.19. The summed E-state index contributed by atoms with van der Waals surface area (Å²) in [6.45, 7) is 4.92. The lowest BCUT2D eigenvalue weighted by Crippen LogP contribution is -2.34. The number of hydrogen-bond donors (Lipinski definition) is 1. The highest BCUT2D eigenvalue weighted by Gasteiger charge is 2.33. The van der Waals surface area contributed by atoms with Crippen molar-refractivity contribution >= 4 is 5.91 Å². The van der Waals surface area contributed by atoms with Crippen LogP contribution in [0.15, 0.2) is 24.3 Å². The Balaban J connectivity index is 2.01. The zero-order chi connectivity index (χ0) is 12.5. The van der Waals surface area contributed by atoms with E-state index in [1.165, 1.54) is 0 Å². The molecule has 1 N–H and O–H groups in total. The first-order chi connectivity index (χ1) is 7.98. The number of nitrogens with zero attached hydrogens (tertiary/aromatic N) is 1. The molecule has 1 fully saturated rings. The lowest BCUT2D eigenvalue weighted by atomic mass is 10.1. The van der Waals surface area contributed by atoms with E-state index in [1.54, 1.807) is 11.8 Å². The number of carbonyl (C=O) groups excluding carboxylic acids is 1. The Bertz CT molecular complexity index is 426. The van der Waals surface area contributed by atoms with Crippen LogP contribution in [0.5, 0.6) is 0 Å². The van der Waals surface area contributed by atoms with Crippen molar-refractivity contribution < 1.29 is 9.90 Å². The van der Waals surface area contributed by atoms with Crippen LogP contribution in [0.3, 0.4) is 0 Å². The minimum Gasteiger partial charge on any atom is -0.388 e. The van der Waals surface area contributed by atoms with E-state index in [9.17, 15) is 9.90 Å². The van der Waals surface area contributed by atoms with Crippen LogP contribution in [0.25, 0.3) is 0 Å². The zero-order valence-electron chi connectivity index (χ0n) is 10.4. The average molecular weight is 233 g/mol. The van der Waals surface area contributed by atoms with Crippen molar-refractivity contribution in [2.45, 2.75) is 32.3 Å². The summed E-state index contributed by atoms with van der Waals surface area (Å²) in [4.78, 5) is 13.8. The number of likely N-dealkylation sites (tertiary alicyclic amines) is 1. The van der Waals surface area contributed by atoms with Gasteiger partial charge in [-0.25, -0.2) is 0 Å². The zero-order valence-corrected chi connectivity index (χ0v) is 10.4. The predicted molar refractivity (Wildman–Crippen MR) is 66.7 cm³/mol. The molecular weight excluding hydrogens is 214 g/mol. The van der Waals surface area contributed by atoms with E-state index in [-0.39, 0.29) is 5.91 Å². The second-order valence-electron chi connectivity index (χ2n) is 5.17. The lowest BCUT2D eigenvalue weighted by molar-refractivity contribution is -0.130. The Kier molecular flexibility index (Phi) is 3.20. The Morgan fingerprint density at radius 3 is 2.76 bits per heavy atom. The molecule has 0 bridgehead atoms. The van der Waals surface area contributed by atoms with Crippen LogP contribution in [0.1, 0.15) is 24.5 Å². The molecule has 17 heavy (non-hydrogen) atoms. The van der Waals surface area contributed by atoms with Gasteiger partial charge in [0.2, 0.25) is 5.91 Å². The second-order valence-corrected chi connectivity index (χ2v) is 5.17. The highest BCUT2D eigenvalue weighted by molar-refractivity contribution is 5.79. The first kappa shape index (κ1) is 12.1. The third-order valence-corrected chi connectivity index (χ3v) is 3.41. The molecule has 1 saturated heterocycles. The van der Waals surface area contributed by atoms with Crippen molar-refractivity contribution in [2.75, 3.05) is 13.1 Å². The van der Waals surface area contributed by atoms with E-state index in [1.807, 2.05) is 31.2 Å². The first-order valence-corrected chi connectivity index (χ1v) is 6.03. The van der Waals surface area contributed by atoms with Gasteiger partial charge in [-0.2, -0.15) is 0 Å². The Morgan fingerprint density at radius 1 is 1.47 bits per heavy atom. The number of aryl methyl sites for hydroxylation is 1. The largest absolute Gasteiger partial charge is 0.388 e. The van der Waals surface area contributed by atoms with Gasteiger partial charge in [-0.1, -0.05) is 24.3 Å². The summed E-state index contributed by atoms with van der Waals surface area (Å²) in [6.07, 6.45) is 1.11. The van der Waals surface area contributed by atoms with Gasteiger partial charge in [0.15, 0.2) is 0 Å². The van der Waals surface area contributed by atoms with Crippen LogP contribution in [-0.2, 0) is 11.2 Å². The molecule has 1 aliphatic heterocycles. The van der Waals surface area contributed by atoms with Gasteiger partial charge in [0.25, 0.3) is 0 Å². The second kappa shape index (κ2) is 4.49. The predicted octanol–water partition coefficient (Wildman–Crippen LogP) is 1.52. The van der Waals surface area contributed by atoms with Crippen molar-refractivity contribution in [2.24, 2.45) is 0 Å². The molecule has 3 nitrogen and oxygen atoms in total. The first-order valence-electron chi connectivity index (χ1n) is 6.03. The van der Waals surface area contributed by atoms with Crippen LogP contribution in [0.2, 0.25) is 0 Å². The van der Waals surface area contributed by atoms with E-state index in [0.29, 0.717) is 25.9 Å². The van der Waals surface area contributed by atoms with Gasteiger partial charge in [0.1, 0.15) is 0 Å². The van der Waals surface area contributed by atoms with Gasteiger partial charge in [-0.15, -0.1) is 0 Å². The summed E-state index contributed by atoms with van der Waals surface area (Å²) < 4.78 is 0. The Labute approximate surface area is 102 Å². The molecule has 0 saturated carbocycles. The Hall–Kier alpha value is -1.35. The summed E-state index contributed by atoms with van der Waals surface area (Å²) in [7, 11) is 0. The number of aliphatic hydroxyl groups is 1. The molecule has 1 unspecified atom stereocenters. The number of benzene rings is 1. The molecule has 1 aromatic rings. The summed E-state index contributed by atoms with van der Waals surface area (Å²) in [5, 5.41) is 9.84. The summed E-state index contributed by atoms with van der Waals surface area (Å²) in [6, 6.07) is 7.93. The van der Waals surface area contributed by atoms with Crippen LogP contribution >= 0.6 is 0 Å².